The zero-order valence-electron chi connectivity index (χ0n) is 11.7. The summed E-state index contributed by atoms with van der Waals surface area (Å²) >= 11 is 0. The Labute approximate surface area is 110 Å². The van der Waals surface area contributed by atoms with Crippen LogP contribution in [0.15, 0.2) is 30.9 Å². The van der Waals surface area contributed by atoms with Crippen molar-refractivity contribution in [2.75, 3.05) is 18.5 Å². The molecule has 0 heterocycles. The van der Waals surface area contributed by atoms with Crippen LogP contribution in [0.3, 0.4) is 0 Å². The van der Waals surface area contributed by atoms with Crippen LogP contribution in [0.5, 0.6) is 0 Å². The minimum absolute atomic E-state index is 0.113. The average molecular weight is 250 g/mol. The molecule has 0 aromatic heterocycles. The van der Waals surface area contributed by atoms with Gasteiger partial charge in [0.2, 0.25) is 0 Å². The number of hydrogen-bond acceptors (Lipinski definition) is 2. The maximum Gasteiger partial charge on any atom is 0.123 e. The van der Waals surface area contributed by atoms with Gasteiger partial charge in [-0.1, -0.05) is 6.08 Å². The molecule has 1 aromatic carbocycles. The molecule has 1 aromatic rings. The second kappa shape index (κ2) is 6.55. The predicted molar refractivity (Wildman–Crippen MR) is 76.6 cm³/mol. The van der Waals surface area contributed by atoms with E-state index in [1.165, 1.54) is 6.07 Å². The van der Waals surface area contributed by atoms with E-state index in [2.05, 4.69) is 30.6 Å². The zero-order chi connectivity index (χ0) is 13.7. The van der Waals surface area contributed by atoms with Gasteiger partial charge in [0.1, 0.15) is 5.82 Å². The van der Waals surface area contributed by atoms with E-state index in [1.807, 2.05) is 26.1 Å². The number of hydrogen-bond donors (Lipinski definition) is 1. The fourth-order valence-electron chi connectivity index (χ4n) is 2.02. The van der Waals surface area contributed by atoms with Gasteiger partial charge in [0, 0.05) is 24.3 Å². The molecule has 0 amide bonds. The fourth-order valence-corrected chi connectivity index (χ4v) is 2.02. The highest BCUT2D eigenvalue weighted by molar-refractivity contribution is 5.56. The summed E-state index contributed by atoms with van der Waals surface area (Å²) in [5.74, 6) is -0.196. The van der Waals surface area contributed by atoms with Crippen molar-refractivity contribution in [3.8, 4) is 0 Å². The lowest BCUT2D eigenvalue weighted by molar-refractivity contribution is 0.603. The summed E-state index contributed by atoms with van der Waals surface area (Å²) in [6.45, 7) is 10.8. The second-order valence-corrected chi connectivity index (χ2v) is 4.75. The lowest BCUT2D eigenvalue weighted by atomic mass is 10.0. The third-order valence-corrected chi connectivity index (χ3v) is 3.15. The van der Waals surface area contributed by atoms with Gasteiger partial charge in [0.15, 0.2) is 0 Å². The van der Waals surface area contributed by atoms with E-state index in [4.69, 9.17) is 0 Å². The van der Waals surface area contributed by atoms with Gasteiger partial charge in [-0.05, 0) is 51.6 Å². The molecule has 100 valence electrons. The Morgan fingerprint density at radius 1 is 1.39 bits per heavy atom. The molecule has 1 rings (SSSR count). The minimum Gasteiger partial charge on any atom is -0.365 e. The minimum atomic E-state index is -0.196. The molecule has 0 bridgehead atoms. The van der Waals surface area contributed by atoms with Crippen molar-refractivity contribution in [3.63, 3.8) is 0 Å². The van der Waals surface area contributed by atoms with Crippen LogP contribution in [-0.4, -0.2) is 19.6 Å². The van der Waals surface area contributed by atoms with E-state index in [-0.39, 0.29) is 11.9 Å². The van der Waals surface area contributed by atoms with Crippen LogP contribution in [0.1, 0.15) is 32.4 Å². The van der Waals surface area contributed by atoms with Crippen LogP contribution in [0, 0.1) is 5.82 Å². The second-order valence-electron chi connectivity index (χ2n) is 4.75. The standard InChI is InChI=1S/C15H23FN2/c1-6-9-18(11(2)3)15-8-7-13(16)10-14(15)12(4)17-5/h6-8,10-12,17H,1,9H2,2-5H3. The molecule has 18 heavy (non-hydrogen) atoms. The van der Waals surface area contributed by atoms with Crippen molar-refractivity contribution in [2.24, 2.45) is 0 Å². The molecule has 0 spiro atoms. The third-order valence-electron chi connectivity index (χ3n) is 3.15. The molecule has 0 saturated heterocycles. The lowest BCUT2D eigenvalue weighted by Crippen LogP contribution is -2.32. The van der Waals surface area contributed by atoms with Gasteiger partial charge < -0.3 is 10.2 Å². The summed E-state index contributed by atoms with van der Waals surface area (Å²) in [6.07, 6.45) is 1.87. The van der Waals surface area contributed by atoms with E-state index in [0.29, 0.717) is 6.04 Å². The van der Waals surface area contributed by atoms with E-state index in [1.54, 1.807) is 6.07 Å². The molecule has 1 unspecified atom stereocenters. The molecular formula is C15H23FN2. The molecular weight excluding hydrogens is 227 g/mol. The summed E-state index contributed by atoms with van der Waals surface area (Å²) in [5, 5.41) is 3.17. The van der Waals surface area contributed by atoms with E-state index >= 15 is 0 Å². The maximum atomic E-state index is 13.4. The maximum absolute atomic E-state index is 13.4. The highest BCUT2D eigenvalue weighted by Crippen LogP contribution is 2.28. The first-order valence-electron chi connectivity index (χ1n) is 6.35. The Balaban J connectivity index is 3.23. The molecule has 1 N–H and O–H groups in total. The van der Waals surface area contributed by atoms with Crippen LogP contribution >= 0.6 is 0 Å². The summed E-state index contributed by atoms with van der Waals surface area (Å²) in [7, 11) is 1.88. The summed E-state index contributed by atoms with van der Waals surface area (Å²) in [5.41, 5.74) is 2.04. The van der Waals surface area contributed by atoms with Crippen molar-refractivity contribution >= 4 is 5.69 Å². The van der Waals surface area contributed by atoms with Crippen molar-refractivity contribution < 1.29 is 4.39 Å². The smallest absolute Gasteiger partial charge is 0.123 e. The zero-order valence-corrected chi connectivity index (χ0v) is 11.7. The summed E-state index contributed by atoms with van der Waals surface area (Å²) in [6, 6.07) is 5.43. The fraction of sp³-hybridized carbons (Fsp3) is 0.467. The van der Waals surface area contributed by atoms with Gasteiger partial charge in [-0.3, -0.25) is 0 Å². The Hall–Kier alpha value is -1.35. The lowest BCUT2D eigenvalue weighted by Gasteiger charge is -2.31. The first-order valence-corrected chi connectivity index (χ1v) is 6.35. The van der Waals surface area contributed by atoms with E-state index in [9.17, 15) is 4.39 Å². The molecule has 0 saturated carbocycles. The highest BCUT2D eigenvalue weighted by atomic mass is 19.1. The molecule has 2 nitrogen and oxygen atoms in total. The molecule has 0 radical (unpaired) electrons. The van der Waals surface area contributed by atoms with Gasteiger partial charge >= 0.3 is 0 Å². The first-order chi connectivity index (χ1) is 8.51. The van der Waals surface area contributed by atoms with Crippen LogP contribution in [-0.2, 0) is 0 Å². The first kappa shape index (κ1) is 14.7. The molecule has 0 fully saturated rings. The van der Waals surface area contributed by atoms with Gasteiger partial charge in [-0.25, -0.2) is 4.39 Å². The molecule has 0 aliphatic rings. The number of nitrogens with zero attached hydrogens (tertiary/aromatic N) is 1. The summed E-state index contributed by atoms with van der Waals surface area (Å²) < 4.78 is 13.4. The Kier molecular flexibility index (Phi) is 5.35. The number of halogens is 1. The van der Waals surface area contributed by atoms with Crippen molar-refractivity contribution in [3.05, 3.63) is 42.2 Å². The van der Waals surface area contributed by atoms with E-state index < -0.39 is 0 Å². The molecule has 1 atom stereocenters. The van der Waals surface area contributed by atoms with Crippen molar-refractivity contribution in [1.82, 2.24) is 5.32 Å². The SMILES string of the molecule is C=CCN(c1ccc(F)cc1C(C)NC)C(C)C. The Morgan fingerprint density at radius 3 is 2.56 bits per heavy atom. The van der Waals surface area contributed by atoms with Crippen LogP contribution < -0.4 is 10.2 Å². The quantitative estimate of drug-likeness (QED) is 0.777. The highest BCUT2D eigenvalue weighted by Gasteiger charge is 2.17. The van der Waals surface area contributed by atoms with Gasteiger partial charge in [0.05, 0.1) is 0 Å². The Bertz CT molecular complexity index is 401. The molecule has 0 aliphatic carbocycles. The predicted octanol–water partition coefficient (Wildman–Crippen LogP) is 3.51. The monoisotopic (exact) mass is 250 g/mol. The molecule has 3 heteroatoms. The molecule has 0 aliphatic heterocycles. The third kappa shape index (κ3) is 3.33. The van der Waals surface area contributed by atoms with Crippen molar-refractivity contribution in [1.29, 1.82) is 0 Å². The summed E-state index contributed by atoms with van der Waals surface area (Å²) in [4.78, 5) is 2.22. The normalized spacial score (nSPS) is 12.6. The average Bonchev–Trinajstić information content (AvgIpc) is 2.35. The van der Waals surface area contributed by atoms with Gasteiger partial charge in [-0.15, -0.1) is 6.58 Å². The largest absolute Gasteiger partial charge is 0.365 e. The number of rotatable bonds is 6. The number of anilines is 1. The number of nitrogens with one attached hydrogen (secondary N) is 1. The number of benzene rings is 1. The van der Waals surface area contributed by atoms with Crippen LogP contribution in [0.25, 0.3) is 0 Å². The topological polar surface area (TPSA) is 15.3 Å². The Morgan fingerprint density at radius 2 is 2.06 bits per heavy atom. The van der Waals surface area contributed by atoms with Crippen molar-refractivity contribution in [2.45, 2.75) is 32.9 Å². The van der Waals surface area contributed by atoms with Gasteiger partial charge in [-0.2, -0.15) is 0 Å². The van der Waals surface area contributed by atoms with Crippen LogP contribution in [0.2, 0.25) is 0 Å². The van der Waals surface area contributed by atoms with E-state index in [0.717, 1.165) is 17.8 Å². The van der Waals surface area contributed by atoms with Crippen LogP contribution in [0.4, 0.5) is 10.1 Å². The van der Waals surface area contributed by atoms with Gasteiger partial charge in [0.25, 0.3) is 0 Å².